The van der Waals surface area contributed by atoms with Crippen LogP contribution in [0.3, 0.4) is 0 Å². The first-order valence-electron chi connectivity index (χ1n) is 21.2. The molecule has 0 N–H and O–H groups in total. The van der Waals surface area contributed by atoms with Gasteiger partial charge in [-0.1, -0.05) is 164 Å². The average molecular weight is 809 g/mol. The first-order valence-corrected chi connectivity index (χ1v) is 22.0. The molecule has 13 rings (SSSR count). The van der Waals surface area contributed by atoms with E-state index in [4.69, 9.17) is 15.0 Å². The van der Waals surface area contributed by atoms with Gasteiger partial charge in [0.05, 0.1) is 6.04 Å². The van der Waals surface area contributed by atoms with Crippen molar-refractivity contribution in [3.8, 4) is 45.3 Å². The summed E-state index contributed by atoms with van der Waals surface area (Å²) in [7, 11) is 0. The molecule has 1 aliphatic heterocycles. The van der Waals surface area contributed by atoms with Gasteiger partial charge in [-0.2, -0.15) is 0 Å². The SMILES string of the molecule is C1=CC2c3c(-c4nc(-c5ccccc5)nc(-c5cccc6sc7ccc(-c8ccc9c%10ccccc%10c%10ccccc%10c9c8)cc7c56)n4)cccc3N(c3ccccc3)C2C=C1. The summed E-state index contributed by atoms with van der Waals surface area (Å²) in [6, 6.07) is 65.7. The van der Waals surface area contributed by atoms with E-state index in [1.807, 2.05) is 29.5 Å². The third kappa shape index (κ3) is 5.42. The molecule has 0 bridgehead atoms. The molecule has 1 aliphatic carbocycles. The summed E-state index contributed by atoms with van der Waals surface area (Å²) in [5.41, 5.74) is 8.93. The second-order valence-electron chi connectivity index (χ2n) is 16.2. The molecular formula is C57H36N4S. The van der Waals surface area contributed by atoms with Crippen LogP contribution in [0.15, 0.2) is 206 Å². The Bertz CT molecular complexity index is 3630. The van der Waals surface area contributed by atoms with Crippen LogP contribution in [0, 0.1) is 0 Å². The Balaban J connectivity index is 1.00. The Labute approximate surface area is 362 Å². The molecule has 2 atom stereocenters. The van der Waals surface area contributed by atoms with Gasteiger partial charge in [-0.3, -0.25) is 0 Å². The van der Waals surface area contributed by atoms with E-state index in [9.17, 15) is 0 Å². The van der Waals surface area contributed by atoms with Crippen molar-refractivity contribution in [2.45, 2.75) is 12.0 Å². The lowest BCUT2D eigenvalue weighted by Gasteiger charge is -2.28. The second kappa shape index (κ2) is 13.9. The number of para-hydroxylation sites is 1. The molecule has 0 amide bonds. The average Bonchev–Trinajstić information content (AvgIpc) is 3.90. The number of aromatic nitrogens is 3. The van der Waals surface area contributed by atoms with E-state index in [-0.39, 0.29) is 12.0 Å². The van der Waals surface area contributed by atoms with Crippen LogP contribution in [0.25, 0.3) is 97.8 Å². The third-order valence-corrected chi connectivity index (χ3v) is 14.0. The van der Waals surface area contributed by atoms with Crippen molar-refractivity contribution in [2.24, 2.45) is 0 Å². The van der Waals surface area contributed by atoms with Crippen LogP contribution in [0.1, 0.15) is 11.5 Å². The van der Waals surface area contributed by atoms with Gasteiger partial charge in [0.2, 0.25) is 0 Å². The maximum Gasteiger partial charge on any atom is 0.164 e. The fraction of sp³-hybridized carbons (Fsp3) is 0.0351. The van der Waals surface area contributed by atoms with Crippen molar-refractivity contribution in [1.29, 1.82) is 0 Å². The fourth-order valence-electron chi connectivity index (χ4n) is 10.1. The van der Waals surface area contributed by atoms with Gasteiger partial charge in [0.15, 0.2) is 17.5 Å². The monoisotopic (exact) mass is 808 g/mol. The Hall–Kier alpha value is -7.73. The molecule has 3 heterocycles. The minimum Gasteiger partial charge on any atom is -0.333 e. The summed E-state index contributed by atoms with van der Waals surface area (Å²) in [4.78, 5) is 18.5. The molecule has 290 valence electrons. The number of allylic oxidation sites excluding steroid dienone is 2. The number of thiophene rings is 1. The summed E-state index contributed by atoms with van der Waals surface area (Å²) in [5.74, 6) is 2.14. The Morgan fingerprint density at radius 2 is 0.984 bits per heavy atom. The normalized spacial score (nSPS) is 15.6. The Morgan fingerprint density at radius 1 is 0.403 bits per heavy atom. The van der Waals surface area contributed by atoms with Crippen molar-refractivity contribution >= 4 is 75.2 Å². The van der Waals surface area contributed by atoms with Crippen LogP contribution < -0.4 is 4.90 Å². The highest BCUT2D eigenvalue weighted by atomic mass is 32.1. The second-order valence-corrected chi connectivity index (χ2v) is 17.3. The van der Waals surface area contributed by atoms with E-state index in [1.54, 1.807) is 0 Å². The van der Waals surface area contributed by atoms with E-state index in [1.165, 1.54) is 75.2 Å². The molecule has 0 saturated heterocycles. The zero-order chi connectivity index (χ0) is 40.7. The van der Waals surface area contributed by atoms with Crippen molar-refractivity contribution in [3.05, 3.63) is 212 Å². The molecule has 2 aliphatic rings. The van der Waals surface area contributed by atoms with E-state index in [0.717, 1.165) is 22.1 Å². The fourth-order valence-corrected chi connectivity index (χ4v) is 11.2. The molecule has 2 unspecified atom stereocenters. The van der Waals surface area contributed by atoms with Crippen LogP contribution in [0.5, 0.6) is 0 Å². The smallest absolute Gasteiger partial charge is 0.164 e. The molecule has 2 aromatic heterocycles. The van der Waals surface area contributed by atoms with Crippen molar-refractivity contribution in [1.82, 2.24) is 15.0 Å². The summed E-state index contributed by atoms with van der Waals surface area (Å²) < 4.78 is 2.44. The lowest BCUT2D eigenvalue weighted by molar-refractivity contribution is 0.745. The lowest BCUT2D eigenvalue weighted by atomic mass is 9.88. The van der Waals surface area contributed by atoms with Gasteiger partial charge in [-0.05, 0) is 91.5 Å². The van der Waals surface area contributed by atoms with Gasteiger partial charge in [0.25, 0.3) is 0 Å². The Morgan fingerprint density at radius 3 is 1.74 bits per heavy atom. The molecule has 11 aromatic rings. The van der Waals surface area contributed by atoms with Crippen LogP contribution >= 0.6 is 11.3 Å². The minimum atomic E-state index is 0.140. The lowest BCUT2D eigenvalue weighted by Crippen LogP contribution is -2.28. The van der Waals surface area contributed by atoms with Gasteiger partial charge < -0.3 is 4.90 Å². The summed E-state index contributed by atoms with van der Waals surface area (Å²) in [5, 5.41) is 10.0. The molecule has 4 nitrogen and oxygen atoms in total. The predicted molar refractivity (Wildman–Crippen MR) is 260 cm³/mol. The number of hydrogen-bond donors (Lipinski definition) is 0. The topological polar surface area (TPSA) is 41.9 Å². The first-order chi connectivity index (χ1) is 30.7. The number of rotatable bonds is 5. The van der Waals surface area contributed by atoms with E-state index in [2.05, 4.69) is 193 Å². The minimum absolute atomic E-state index is 0.140. The van der Waals surface area contributed by atoms with Crippen LogP contribution in [0.2, 0.25) is 0 Å². The number of fused-ring (bicyclic) bond motifs is 12. The zero-order valence-corrected chi connectivity index (χ0v) is 34.3. The van der Waals surface area contributed by atoms with Gasteiger partial charge >= 0.3 is 0 Å². The van der Waals surface area contributed by atoms with Crippen molar-refractivity contribution in [2.75, 3.05) is 4.90 Å². The maximum absolute atomic E-state index is 5.44. The summed E-state index contributed by atoms with van der Waals surface area (Å²) in [6.45, 7) is 0. The van der Waals surface area contributed by atoms with Crippen molar-refractivity contribution in [3.63, 3.8) is 0 Å². The molecule has 0 fully saturated rings. The zero-order valence-electron chi connectivity index (χ0n) is 33.5. The molecule has 62 heavy (non-hydrogen) atoms. The molecule has 0 spiro atoms. The molecular weight excluding hydrogens is 773 g/mol. The summed E-state index contributed by atoms with van der Waals surface area (Å²) >= 11 is 1.82. The number of anilines is 2. The molecule has 9 aromatic carbocycles. The van der Waals surface area contributed by atoms with Gasteiger partial charge in [-0.15, -0.1) is 11.3 Å². The molecule has 5 heteroatoms. The highest BCUT2D eigenvalue weighted by molar-refractivity contribution is 7.26. The van der Waals surface area contributed by atoms with E-state index >= 15 is 0 Å². The summed E-state index contributed by atoms with van der Waals surface area (Å²) in [6.07, 6.45) is 8.97. The molecule has 0 radical (unpaired) electrons. The van der Waals surface area contributed by atoms with E-state index in [0.29, 0.717) is 17.5 Å². The van der Waals surface area contributed by atoms with Crippen LogP contribution in [-0.4, -0.2) is 21.0 Å². The quantitative estimate of drug-likeness (QED) is 0.162. The van der Waals surface area contributed by atoms with E-state index < -0.39 is 0 Å². The highest BCUT2D eigenvalue weighted by Crippen LogP contribution is 2.51. The largest absolute Gasteiger partial charge is 0.333 e. The number of benzene rings is 9. The standard InChI is InChI=1S/C57H36N4S/c1-3-15-35(16-4-1)55-58-56(45-24-13-27-50-53(45)44-23-11-12-26-49(44)61(50)38-17-5-2-6-18-38)60-57(59-55)46-25-14-28-52-54(46)48-34-37(30-32-51(48)62-52)36-29-31-43-41-21-8-7-19-39(41)40-20-9-10-22-42(40)47(43)33-36/h1-34,44,49H. The van der Waals surface area contributed by atoms with Gasteiger partial charge in [0.1, 0.15) is 0 Å². The number of hydrogen-bond acceptors (Lipinski definition) is 5. The third-order valence-electron chi connectivity index (χ3n) is 12.8. The van der Waals surface area contributed by atoms with Crippen molar-refractivity contribution < 1.29 is 0 Å². The first kappa shape index (κ1) is 35.1. The number of nitrogens with zero attached hydrogens (tertiary/aromatic N) is 4. The predicted octanol–water partition coefficient (Wildman–Crippen LogP) is 15.1. The van der Waals surface area contributed by atoms with Crippen LogP contribution in [-0.2, 0) is 0 Å². The molecule has 0 saturated carbocycles. The van der Waals surface area contributed by atoms with Gasteiger partial charge in [0, 0.05) is 54.2 Å². The Kier molecular flexibility index (Phi) is 7.87. The van der Waals surface area contributed by atoms with Gasteiger partial charge in [-0.25, -0.2) is 15.0 Å². The highest BCUT2D eigenvalue weighted by Gasteiger charge is 2.39. The maximum atomic E-state index is 5.44. The van der Waals surface area contributed by atoms with Crippen LogP contribution in [0.4, 0.5) is 11.4 Å².